The molecule has 0 radical (unpaired) electrons. The first-order chi connectivity index (χ1) is 8.10. The van der Waals surface area contributed by atoms with Gasteiger partial charge in [-0.2, -0.15) is 0 Å². The smallest absolute Gasteiger partial charge is 0.150 e. The fourth-order valence-electron chi connectivity index (χ4n) is 2.60. The van der Waals surface area contributed by atoms with Crippen LogP contribution in [0.1, 0.15) is 59.3 Å². The van der Waals surface area contributed by atoms with Crippen molar-refractivity contribution >= 4 is 15.6 Å². The Hall–Kier alpha value is -0.380. The Labute approximate surface area is 111 Å². The Bertz CT molecular complexity index is 390. The highest BCUT2D eigenvalue weighted by molar-refractivity contribution is 7.91. The molecule has 1 saturated carbocycles. The van der Waals surface area contributed by atoms with E-state index in [1.54, 1.807) is 0 Å². The van der Waals surface area contributed by atoms with Gasteiger partial charge in [0.15, 0.2) is 0 Å². The van der Waals surface area contributed by atoms with Crippen LogP contribution in [0.3, 0.4) is 0 Å². The maximum atomic E-state index is 11.9. The summed E-state index contributed by atoms with van der Waals surface area (Å²) < 4.78 is 23.1. The quantitative estimate of drug-likeness (QED) is 0.792. The average molecular weight is 274 g/mol. The van der Waals surface area contributed by atoms with Crippen LogP contribution in [0.2, 0.25) is 0 Å². The third kappa shape index (κ3) is 4.71. The largest absolute Gasteiger partial charge is 0.299 e. The van der Waals surface area contributed by atoms with Gasteiger partial charge in [0.1, 0.15) is 15.6 Å². The number of hydrogen-bond acceptors (Lipinski definition) is 3. The summed E-state index contributed by atoms with van der Waals surface area (Å²) in [5.41, 5.74) is -0.273. The molecule has 0 aliphatic heterocycles. The van der Waals surface area contributed by atoms with Gasteiger partial charge in [0.05, 0.1) is 5.25 Å². The van der Waals surface area contributed by atoms with Gasteiger partial charge in [0.25, 0.3) is 0 Å². The van der Waals surface area contributed by atoms with Gasteiger partial charge < -0.3 is 0 Å². The fourth-order valence-corrected chi connectivity index (χ4v) is 3.82. The molecule has 0 N–H and O–H groups in total. The Balaban J connectivity index is 2.47. The van der Waals surface area contributed by atoms with E-state index in [1.807, 2.05) is 20.8 Å². The van der Waals surface area contributed by atoms with Crippen molar-refractivity contribution in [3.63, 3.8) is 0 Å². The van der Waals surface area contributed by atoms with Gasteiger partial charge in [-0.05, 0) is 25.2 Å². The minimum Gasteiger partial charge on any atom is -0.299 e. The van der Waals surface area contributed by atoms with Crippen LogP contribution >= 0.6 is 0 Å². The van der Waals surface area contributed by atoms with E-state index in [-0.39, 0.29) is 16.4 Å². The van der Waals surface area contributed by atoms with Gasteiger partial charge in [0.2, 0.25) is 0 Å². The van der Waals surface area contributed by atoms with E-state index < -0.39 is 9.84 Å². The lowest BCUT2D eigenvalue weighted by molar-refractivity contribution is -0.126. The molecule has 0 bridgehead atoms. The Morgan fingerprint density at radius 1 is 1.22 bits per heavy atom. The van der Waals surface area contributed by atoms with Gasteiger partial charge in [-0.25, -0.2) is 8.42 Å². The molecular weight excluding hydrogens is 248 g/mol. The van der Waals surface area contributed by atoms with Crippen molar-refractivity contribution in [2.24, 2.45) is 11.3 Å². The topological polar surface area (TPSA) is 51.2 Å². The molecule has 4 heteroatoms. The minimum absolute atomic E-state index is 0.180. The lowest BCUT2D eigenvalue weighted by Gasteiger charge is -2.28. The maximum absolute atomic E-state index is 11.9. The van der Waals surface area contributed by atoms with Crippen molar-refractivity contribution in [3.05, 3.63) is 0 Å². The zero-order valence-electron chi connectivity index (χ0n) is 12.0. The van der Waals surface area contributed by atoms with Crippen LogP contribution in [0.15, 0.2) is 0 Å². The summed E-state index contributed by atoms with van der Waals surface area (Å²) in [6.07, 6.45) is 6.36. The van der Waals surface area contributed by atoms with Gasteiger partial charge in [0, 0.05) is 18.1 Å². The van der Waals surface area contributed by atoms with Gasteiger partial charge in [-0.3, -0.25) is 4.79 Å². The monoisotopic (exact) mass is 274 g/mol. The molecule has 18 heavy (non-hydrogen) atoms. The number of rotatable bonds is 4. The molecule has 0 spiro atoms. The number of ketones is 1. The van der Waals surface area contributed by atoms with Gasteiger partial charge in [-0.1, -0.05) is 33.6 Å². The third-order valence-electron chi connectivity index (χ3n) is 3.96. The number of carbonyl (C=O) groups is 1. The zero-order valence-corrected chi connectivity index (χ0v) is 12.8. The number of sulfone groups is 1. The molecule has 0 saturated heterocycles. The minimum atomic E-state index is -2.91. The molecule has 0 heterocycles. The molecule has 106 valence electrons. The van der Waals surface area contributed by atoms with E-state index in [2.05, 4.69) is 0 Å². The fraction of sp³-hybridized carbons (Fsp3) is 0.929. The predicted octanol–water partition coefficient (Wildman–Crippen LogP) is 2.99. The summed E-state index contributed by atoms with van der Waals surface area (Å²) in [6.45, 7) is 5.82. The van der Waals surface area contributed by atoms with Crippen LogP contribution in [0.5, 0.6) is 0 Å². The molecule has 0 aromatic heterocycles. The Morgan fingerprint density at radius 2 is 1.83 bits per heavy atom. The SMILES string of the molecule is CC(C)(C)C(=O)CCC1CCCC(S(C)(=O)=O)C1. The third-order valence-corrected chi connectivity index (χ3v) is 5.60. The molecule has 1 aliphatic carbocycles. The lowest BCUT2D eigenvalue weighted by Crippen LogP contribution is -2.28. The highest BCUT2D eigenvalue weighted by atomic mass is 32.2. The Morgan fingerprint density at radius 3 is 2.33 bits per heavy atom. The predicted molar refractivity (Wildman–Crippen MR) is 74.3 cm³/mol. The first kappa shape index (κ1) is 15.7. The van der Waals surface area contributed by atoms with E-state index in [0.717, 1.165) is 32.1 Å². The second-order valence-corrected chi connectivity index (χ2v) is 9.02. The van der Waals surface area contributed by atoms with Crippen molar-refractivity contribution < 1.29 is 13.2 Å². The summed E-state index contributed by atoms with van der Waals surface area (Å²) in [4.78, 5) is 11.9. The van der Waals surface area contributed by atoms with Crippen molar-refractivity contribution in [3.8, 4) is 0 Å². The lowest BCUT2D eigenvalue weighted by atomic mass is 9.82. The van der Waals surface area contributed by atoms with E-state index in [9.17, 15) is 13.2 Å². The number of Topliss-reactive ketones (excluding diaryl/α,β-unsaturated/α-hetero) is 1. The molecule has 1 rings (SSSR count). The number of hydrogen-bond donors (Lipinski definition) is 0. The first-order valence-corrected chi connectivity index (χ1v) is 8.78. The molecular formula is C14H26O3S. The highest BCUT2D eigenvalue weighted by Gasteiger charge is 2.30. The van der Waals surface area contributed by atoms with E-state index >= 15 is 0 Å². The van der Waals surface area contributed by atoms with Crippen molar-refractivity contribution in [1.82, 2.24) is 0 Å². The molecule has 2 unspecified atom stereocenters. The van der Waals surface area contributed by atoms with Crippen molar-refractivity contribution in [2.45, 2.75) is 64.5 Å². The van der Waals surface area contributed by atoms with Crippen LogP contribution in [0.25, 0.3) is 0 Å². The highest BCUT2D eigenvalue weighted by Crippen LogP contribution is 2.32. The van der Waals surface area contributed by atoms with Crippen LogP contribution in [-0.2, 0) is 14.6 Å². The molecule has 3 nitrogen and oxygen atoms in total. The average Bonchev–Trinajstić information content (AvgIpc) is 2.23. The van der Waals surface area contributed by atoms with Gasteiger partial charge in [-0.15, -0.1) is 0 Å². The van der Waals surface area contributed by atoms with Crippen molar-refractivity contribution in [2.75, 3.05) is 6.26 Å². The van der Waals surface area contributed by atoms with Gasteiger partial charge >= 0.3 is 0 Å². The molecule has 0 amide bonds. The van der Waals surface area contributed by atoms with Crippen molar-refractivity contribution in [1.29, 1.82) is 0 Å². The summed E-state index contributed by atoms with van der Waals surface area (Å²) in [7, 11) is -2.91. The summed E-state index contributed by atoms with van der Waals surface area (Å²) in [6, 6.07) is 0. The second-order valence-electron chi connectivity index (χ2n) is 6.70. The maximum Gasteiger partial charge on any atom is 0.150 e. The number of carbonyl (C=O) groups excluding carboxylic acids is 1. The Kier molecular flexibility index (Phi) is 4.98. The van der Waals surface area contributed by atoms with Crippen LogP contribution in [-0.4, -0.2) is 25.7 Å². The van der Waals surface area contributed by atoms with Crippen LogP contribution in [0, 0.1) is 11.3 Å². The summed E-state index contributed by atoms with van der Waals surface area (Å²) >= 11 is 0. The van der Waals surface area contributed by atoms with E-state index in [4.69, 9.17) is 0 Å². The second kappa shape index (κ2) is 5.72. The van der Waals surface area contributed by atoms with E-state index in [1.165, 1.54) is 6.26 Å². The molecule has 1 aliphatic rings. The van der Waals surface area contributed by atoms with Crippen LogP contribution < -0.4 is 0 Å². The molecule has 2 atom stereocenters. The first-order valence-electron chi connectivity index (χ1n) is 6.83. The summed E-state index contributed by atoms with van der Waals surface area (Å²) in [5.74, 6) is 0.689. The molecule has 0 aromatic carbocycles. The standard InChI is InChI=1S/C14H26O3S/c1-14(2,3)13(15)9-8-11-6-5-7-12(10-11)18(4,16)17/h11-12H,5-10H2,1-4H3. The molecule has 0 aromatic rings. The molecule has 1 fully saturated rings. The van der Waals surface area contributed by atoms with Crippen LogP contribution in [0.4, 0.5) is 0 Å². The van der Waals surface area contributed by atoms with E-state index in [0.29, 0.717) is 12.3 Å². The summed E-state index contributed by atoms with van der Waals surface area (Å²) in [5, 5.41) is -0.180. The zero-order chi connectivity index (χ0) is 14.0. The normalized spacial score (nSPS) is 26.0.